The molecule has 0 spiro atoms. The Morgan fingerprint density at radius 3 is 2.42 bits per heavy atom. The van der Waals surface area contributed by atoms with Gasteiger partial charge < -0.3 is 19.6 Å². The van der Waals surface area contributed by atoms with Gasteiger partial charge in [0.15, 0.2) is 0 Å². The molecule has 0 fully saturated rings. The number of aliphatic hydroxyl groups is 1. The quantitative estimate of drug-likeness (QED) is 0.839. The summed E-state index contributed by atoms with van der Waals surface area (Å²) in [6, 6.07) is 11.9. The first-order valence-corrected chi connectivity index (χ1v) is 6.28. The molecule has 0 radical (unpaired) electrons. The Morgan fingerprint density at radius 1 is 1.16 bits per heavy atom. The van der Waals surface area contributed by atoms with Gasteiger partial charge in [-0.3, -0.25) is 0 Å². The molecule has 2 N–H and O–H groups in total. The minimum Gasteiger partial charge on any atom is -0.497 e. The van der Waals surface area contributed by atoms with Gasteiger partial charge in [0.25, 0.3) is 0 Å². The SMILES string of the molecule is COc1ccc([C@@H](C)NCc2ccc(CO)o2)cc1. The summed E-state index contributed by atoms with van der Waals surface area (Å²) in [5.41, 5.74) is 1.19. The second-order valence-electron chi connectivity index (χ2n) is 4.40. The minimum absolute atomic E-state index is 0.0615. The lowest BCUT2D eigenvalue weighted by molar-refractivity contribution is 0.242. The topological polar surface area (TPSA) is 54.6 Å². The Bertz CT molecular complexity index is 504. The lowest BCUT2D eigenvalue weighted by atomic mass is 10.1. The molecule has 4 heteroatoms. The molecule has 1 heterocycles. The van der Waals surface area contributed by atoms with Gasteiger partial charge in [0.05, 0.1) is 13.7 Å². The normalized spacial score (nSPS) is 12.4. The third kappa shape index (κ3) is 3.59. The van der Waals surface area contributed by atoms with Gasteiger partial charge in [-0.25, -0.2) is 0 Å². The molecule has 2 aromatic rings. The van der Waals surface area contributed by atoms with Crippen molar-refractivity contribution in [3.05, 3.63) is 53.5 Å². The number of hydrogen-bond donors (Lipinski definition) is 2. The fourth-order valence-corrected chi connectivity index (χ4v) is 1.87. The van der Waals surface area contributed by atoms with Crippen LogP contribution in [0, 0.1) is 0 Å². The van der Waals surface area contributed by atoms with Crippen LogP contribution in [0.1, 0.15) is 30.0 Å². The third-order valence-corrected chi connectivity index (χ3v) is 3.07. The Kier molecular flexibility index (Phi) is 4.60. The van der Waals surface area contributed by atoms with Crippen LogP contribution in [-0.4, -0.2) is 12.2 Å². The maximum atomic E-state index is 8.93. The standard InChI is InChI=1S/C15H19NO3/c1-11(12-3-5-13(18-2)6-4-12)16-9-14-7-8-15(10-17)19-14/h3-8,11,16-17H,9-10H2,1-2H3/t11-/m1/s1. The number of methoxy groups -OCH3 is 1. The summed E-state index contributed by atoms with van der Waals surface area (Å²) < 4.78 is 10.6. The highest BCUT2D eigenvalue weighted by Gasteiger charge is 2.07. The van der Waals surface area contributed by atoms with E-state index in [1.54, 1.807) is 13.2 Å². The van der Waals surface area contributed by atoms with Crippen LogP contribution in [0.15, 0.2) is 40.8 Å². The van der Waals surface area contributed by atoms with Gasteiger partial charge in [-0.05, 0) is 36.8 Å². The third-order valence-electron chi connectivity index (χ3n) is 3.07. The van der Waals surface area contributed by atoms with Crippen molar-refractivity contribution in [1.29, 1.82) is 0 Å². The number of ether oxygens (including phenoxy) is 1. The fourth-order valence-electron chi connectivity index (χ4n) is 1.87. The molecule has 102 valence electrons. The minimum atomic E-state index is -0.0615. The Hall–Kier alpha value is -1.78. The molecule has 0 aliphatic rings. The number of benzene rings is 1. The van der Waals surface area contributed by atoms with E-state index in [1.807, 2.05) is 30.3 Å². The first-order valence-electron chi connectivity index (χ1n) is 6.28. The molecule has 0 aliphatic carbocycles. The summed E-state index contributed by atoms with van der Waals surface area (Å²) in [6.45, 7) is 2.67. The van der Waals surface area contributed by atoms with E-state index in [9.17, 15) is 0 Å². The number of rotatable bonds is 6. The Labute approximate surface area is 113 Å². The van der Waals surface area contributed by atoms with Gasteiger partial charge in [0, 0.05) is 6.04 Å². The van der Waals surface area contributed by atoms with Crippen LogP contribution in [0.2, 0.25) is 0 Å². The molecular formula is C15H19NO3. The highest BCUT2D eigenvalue weighted by atomic mass is 16.5. The van der Waals surface area contributed by atoms with Gasteiger partial charge in [-0.1, -0.05) is 12.1 Å². The van der Waals surface area contributed by atoms with Gasteiger partial charge in [-0.2, -0.15) is 0 Å². The van der Waals surface area contributed by atoms with Crippen molar-refractivity contribution in [1.82, 2.24) is 5.32 Å². The van der Waals surface area contributed by atoms with Crippen molar-refractivity contribution in [2.75, 3.05) is 7.11 Å². The molecule has 0 saturated carbocycles. The largest absolute Gasteiger partial charge is 0.497 e. The van der Waals surface area contributed by atoms with Crippen molar-refractivity contribution >= 4 is 0 Å². The van der Waals surface area contributed by atoms with Crippen LogP contribution in [0.25, 0.3) is 0 Å². The van der Waals surface area contributed by atoms with Crippen molar-refractivity contribution < 1.29 is 14.3 Å². The highest BCUT2D eigenvalue weighted by Crippen LogP contribution is 2.18. The summed E-state index contributed by atoms with van der Waals surface area (Å²) in [4.78, 5) is 0. The fraction of sp³-hybridized carbons (Fsp3) is 0.333. The molecule has 19 heavy (non-hydrogen) atoms. The van der Waals surface area contributed by atoms with Gasteiger partial charge >= 0.3 is 0 Å². The molecule has 0 aliphatic heterocycles. The van der Waals surface area contributed by atoms with Crippen LogP contribution in [-0.2, 0) is 13.2 Å². The Balaban J connectivity index is 1.90. The maximum absolute atomic E-state index is 8.93. The molecule has 1 atom stereocenters. The smallest absolute Gasteiger partial charge is 0.129 e. The average Bonchev–Trinajstić information content (AvgIpc) is 2.93. The van der Waals surface area contributed by atoms with Gasteiger partial charge in [-0.15, -0.1) is 0 Å². The predicted molar refractivity (Wildman–Crippen MR) is 72.9 cm³/mol. The lowest BCUT2D eigenvalue weighted by Gasteiger charge is -2.13. The van der Waals surface area contributed by atoms with E-state index < -0.39 is 0 Å². The van der Waals surface area contributed by atoms with Gasteiger partial charge in [0.2, 0.25) is 0 Å². The predicted octanol–water partition coefficient (Wildman–Crippen LogP) is 2.63. The van der Waals surface area contributed by atoms with E-state index in [0.29, 0.717) is 12.3 Å². The summed E-state index contributed by atoms with van der Waals surface area (Å²) in [6.07, 6.45) is 0. The summed E-state index contributed by atoms with van der Waals surface area (Å²) >= 11 is 0. The van der Waals surface area contributed by atoms with E-state index in [2.05, 4.69) is 12.2 Å². The molecule has 0 saturated heterocycles. The first-order chi connectivity index (χ1) is 9.22. The van der Waals surface area contributed by atoms with E-state index >= 15 is 0 Å². The van der Waals surface area contributed by atoms with Crippen LogP contribution < -0.4 is 10.1 Å². The zero-order chi connectivity index (χ0) is 13.7. The van der Waals surface area contributed by atoms with E-state index in [-0.39, 0.29) is 12.6 Å². The van der Waals surface area contributed by atoms with Crippen molar-refractivity contribution in [3.63, 3.8) is 0 Å². The molecular weight excluding hydrogens is 242 g/mol. The van der Waals surface area contributed by atoms with Crippen LogP contribution in [0.3, 0.4) is 0 Å². The molecule has 0 amide bonds. The highest BCUT2D eigenvalue weighted by molar-refractivity contribution is 5.28. The van der Waals surface area contributed by atoms with Crippen molar-refractivity contribution in [2.45, 2.75) is 26.1 Å². The number of aliphatic hydroxyl groups excluding tert-OH is 1. The number of hydrogen-bond acceptors (Lipinski definition) is 4. The van der Waals surface area contributed by atoms with Crippen LogP contribution in [0.5, 0.6) is 5.75 Å². The first kappa shape index (κ1) is 13.6. The Morgan fingerprint density at radius 2 is 1.84 bits per heavy atom. The van der Waals surface area contributed by atoms with E-state index in [0.717, 1.165) is 11.5 Å². The molecule has 4 nitrogen and oxygen atoms in total. The molecule has 1 aromatic carbocycles. The second kappa shape index (κ2) is 6.41. The van der Waals surface area contributed by atoms with Crippen LogP contribution >= 0.6 is 0 Å². The van der Waals surface area contributed by atoms with Gasteiger partial charge in [0.1, 0.15) is 23.9 Å². The van der Waals surface area contributed by atoms with Crippen LogP contribution in [0.4, 0.5) is 0 Å². The second-order valence-corrected chi connectivity index (χ2v) is 4.40. The summed E-state index contributed by atoms with van der Waals surface area (Å²) in [5.74, 6) is 2.27. The monoisotopic (exact) mass is 261 g/mol. The summed E-state index contributed by atoms with van der Waals surface area (Å²) in [7, 11) is 1.66. The van der Waals surface area contributed by atoms with Crippen molar-refractivity contribution in [3.8, 4) is 5.75 Å². The van der Waals surface area contributed by atoms with Crippen molar-refractivity contribution in [2.24, 2.45) is 0 Å². The molecule has 1 aromatic heterocycles. The lowest BCUT2D eigenvalue weighted by Crippen LogP contribution is -2.17. The number of furan rings is 1. The molecule has 0 bridgehead atoms. The zero-order valence-corrected chi connectivity index (χ0v) is 11.2. The zero-order valence-electron chi connectivity index (χ0n) is 11.2. The maximum Gasteiger partial charge on any atom is 0.129 e. The van der Waals surface area contributed by atoms with E-state index in [4.69, 9.17) is 14.3 Å². The van der Waals surface area contributed by atoms with E-state index in [1.165, 1.54) is 5.56 Å². The molecule has 0 unspecified atom stereocenters. The molecule has 2 rings (SSSR count). The number of nitrogens with one attached hydrogen (secondary N) is 1. The summed E-state index contributed by atoms with van der Waals surface area (Å²) in [5, 5.41) is 12.3. The average molecular weight is 261 g/mol.